The number of para-hydroxylation sites is 1. The molecule has 26 heavy (non-hydrogen) atoms. The lowest BCUT2D eigenvalue weighted by molar-refractivity contribution is 0.100. The number of aryl methyl sites for hydroxylation is 1. The van der Waals surface area contributed by atoms with Crippen molar-refractivity contribution in [1.29, 1.82) is 0 Å². The Morgan fingerprint density at radius 3 is 2.85 bits per heavy atom. The number of carbonyl (C=O) groups excluding carboxylic acids is 1. The van der Waals surface area contributed by atoms with Crippen LogP contribution in [0.3, 0.4) is 0 Å². The first-order valence-electron chi connectivity index (χ1n) is 8.28. The number of fused-ring (bicyclic) bond motifs is 3. The minimum Gasteiger partial charge on any atom is -0.365 e. The van der Waals surface area contributed by atoms with Crippen molar-refractivity contribution in [2.24, 2.45) is 5.73 Å². The van der Waals surface area contributed by atoms with Crippen molar-refractivity contribution in [3.05, 3.63) is 53.9 Å². The number of primary amides is 1. The van der Waals surface area contributed by atoms with E-state index in [4.69, 9.17) is 5.73 Å². The highest BCUT2D eigenvalue weighted by molar-refractivity contribution is 5.99. The molecule has 0 spiro atoms. The van der Waals surface area contributed by atoms with Crippen LogP contribution in [0.4, 0.5) is 17.1 Å². The number of nitrogens with zero attached hydrogens (tertiary/aromatic N) is 5. The van der Waals surface area contributed by atoms with Crippen molar-refractivity contribution in [1.82, 2.24) is 19.7 Å². The van der Waals surface area contributed by atoms with E-state index in [0.29, 0.717) is 11.3 Å². The fraction of sp³-hybridized carbons (Fsp3) is 0.222. The van der Waals surface area contributed by atoms with Gasteiger partial charge < -0.3 is 16.0 Å². The number of rotatable bonds is 3. The van der Waals surface area contributed by atoms with E-state index >= 15 is 0 Å². The highest BCUT2D eigenvalue weighted by atomic mass is 16.1. The van der Waals surface area contributed by atoms with Gasteiger partial charge in [-0.05, 0) is 32.0 Å². The second-order valence-corrected chi connectivity index (χ2v) is 6.30. The molecule has 3 N–H and O–H groups in total. The Kier molecular flexibility index (Phi) is 3.61. The van der Waals surface area contributed by atoms with Crippen LogP contribution in [-0.4, -0.2) is 32.7 Å². The largest absolute Gasteiger partial charge is 0.365 e. The standard InChI is InChI=1S/C18H19N7O/c1-10-18-21-11(2)23-25(18)15-6-4-5-14(16(15)24(10)3)22-13-7-8-20-9-12(13)17(19)26/h4-10H,1-3H3,(H2,19,26)(H,20,22). The van der Waals surface area contributed by atoms with Crippen LogP contribution in [0.5, 0.6) is 0 Å². The SMILES string of the molecule is Cc1nc2n(n1)-c1cccc(Nc3ccncc3C(N)=O)c1N(C)C2C. The van der Waals surface area contributed by atoms with E-state index in [9.17, 15) is 4.79 Å². The molecule has 3 aromatic rings. The Bertz CT molecular complexity index is 1010. The Hall–Kier alpha value is -3.42. The van der Waals surface area contributed by atoms with Crippen LogP contribution < -0.4 is 16.0 Å². The van der Waals surface area contributed by atoms with E-state index in [-0.39, 0.29) is 6.04 Å². The van der Waals surface area contributed by atoms with Crippen LogP contribution in [-0.2, 0) is 0 Å². The number of nitrogens with two attached hydrogens (primary N) is 1. The maximum absolute atomic E-state index is 11.7. The van der Waals surface area contributed by atoms with E-state index in [1.165, 1.54) is 6.20 Å². The first-order chi connectivity index (χ1) is 12.5. The summed E-state index contributed by atoms with van der Waals surface area (Å²) in [5, 5.41) is 7.86. The van der Waals surface area contributed by atoms with Gasteiger partial charge >= 0.3 is 0 Å². The van der Waals surface area contributed by atoms with Crippen molar-refractivity contribution < 1.29 is 4.79 Å². The molecule has 8 heteroatoms. The summed E-state index contributed by atoms with van der Waals surface area (Å²) in [5.74, 6) is 1.11. The summed E-state index contributed by atoms with van der Waals surface area (Å²) in [7, 11) is 2.02. The van der Waals surface area contributed by atoms with Crippen LogP contribution in [0.1, 0.15) is 35.0 Å². The van der Waals surface area contributed by atoms with Crippen LogP contribution in [0.25, 0.3) is 5.69 Å². The van der Waals surface area contributed by atoms with E-state index in [2.05, 4.69) is 32.2 Å². The Labute approximate surface area is 150 Å². The summed E-state index contributed by atoms with van der Waals surface area (Å²) in [6, 6.07) is 7.69. The van der Waals surface area contributed by atoms with Crippen molar-refractivity contribution in [3.8, 4) is 5.69 Å². The molecule has 132 valence electrons. The third kappa shape index (κ3) is 2.38. The third-order valence-corrected chi connectivity index (χ3v) is 4.64. The van der Waals surface area contributed by atoms with Gasteiger partial charge in [0.05, 0.1) is 34.4 Å². The molecule has 1 aliphatic heterocycles. The number of amides is 1. The second-order valence-electron chi connectivity index (χ2n) is 6.30. The van der Waals surface area contributed by atoms with E-state index in [1.807, 2.05) is 36.9 Å². The molecule has 4 rings (SSSR count). The molecule has 1 atom stereocenters. The summed E-state index contributed by atoms with van der Waals surface area (Å²) in [6.07, 6.45) is 3.08. The Morgan fingerprint density at radius 1 is 1.27 bits per heavy atom. The predicted octanol–water partition coefficient (Wildman–Crippen LogP) is 2.32. The van der Waals surface area contributed by atoms with Gasteiger partial charge in [-0.1, -0.05) is 6.07 Å². The van der Waals surface area contributed by atoms with Gasteiger partial charge in [0.25, 0.3) is 5.91 Å². The lowest BCUT2D eigenvalue weighted by Crippen LogP contribution is -2.31. The number of carbonyl (C=O) groups is 1. The number of benzene rings is 1. The number of anilines is 3. The molecule has 1 aromatic carbocycles. The van der Waals surface area contributed by atoms with Crippen molar-refractivity contribution >= 4 is 23.0 Å². The molecular formula is C18H19N7O. The lowest BCUT2D eigenvalue weighted by Gasteiger charge is -2.34. The minimum atomic E-state index is -0.527. The molecule has 0 bridgehead atoms. The molecule has 2 aromatic heterocycles. The van der Waals surface area contributed by atoms with E-state index in [0.717, 1.165) is 28.7 Å². The molecule has 8 nitrogen and oxygen atoms in total. The van der Waals surface area contributed by atoms with E-state index < -0.39 is 5.91 Å². The maximum atomic E-state index is 11.7. The van der Waals surface area contributed by atoms with Crippen LogP contribution >= 0.6 is 0 Å². The molecule has 3 heterocycles. The van der Waals surface area contributed by atoms with Crippen molar-refractivity contribution in [3.63, 3.8) is 0 Å². The fourth-order valence-electron chi connectivity index (χ4n) is 3.26. The number of nitrogens with one attached hydrogen (secondary N) is 1. The van der Waals surface area contributed by atoms with Crippen LogP contribution in [0.2, 0.25) is 0 Å². The van der Waals surface area contributed by atoms with Gasteiger partial charge in [-0.3, -0.25) is 9.78 Å². The highest BCUT2D eigenvalue weighted by Crippen LogP contribution is 2.42. The summed E-state index contributed by atoms with van der Waals surface area (Å²) < 4.78 is 1.88. The van der Waals surface area contributed by atoms with Crippen LogP contribution in [0, 0.1) is 6.92 Å². The zero-order valence-electron chi connectivity index (χ0n) is 14.8. The number of pyridine rings is 1. The molecule has 1 unspecified atom stereocenters. The first kappa shape index (κ1) is 16.1. The zero-order chi connectivity index (χ0) is 18.4. The van der Waals surface area contributed by atoms with Gasteiger partial charge in [-0.15, -0.1) is 0 Å². The van der Waals surface area contributed by atoms with Gasteiger partial charge in [0.2, 0.25) is 0 Å². The van der Waals surface area contributed by atoms with Crippen LogP contribution in [0.15, 0.2) is 36.7 Å². The quantitative estimate of drug-likeness (QED) is 0.752. The summed E-state index contributed by atoms with van der Waals surface area (Å²) in [6.45, 7) is 3.97. The normalized spacial score (nSPS) is 15.3. The molecule has 1 amide bonds. The molecular weight excluding hydrogens is 330 g/mol. The summed E-state index contributed by atoms with van der Waals surface area (Å²) in [4.78, 5) is 22.4. The minimum absolute atomic E-state index is 0.0553. The average molecular weight is 349 g/mol. The molecule has 0 radical (unpaired) electrons. The fourth-order valence-corrected chi connectivity index (χ4v) is 3.26. The zero-order valence-corrected chi connectivity index (χ0v) is 14.8. The predicted molar refractivity (Wildman–Crippen MR) is 99.0 cm³/mol. The topological polar surface area (TPSA) is 102 Å². The second kappa shape index (κ2) is 5.83. The molecule has 0 saturated heterocycles. The van der Waals surface area contributed by atoms with Crippen molar-refractivity contribution in [2.45, 2.75) is 19.9 Å². The molecule has 0 fully saturated rings. The Morgan fingerprint density at radius 2 is 2.08 bits per heavy atom. The third-order valence-electron chi connectivity index (χ3n) is 4.64. The number of aromatic nitrogens is 4. The maximum Gasteiger partial charge on any atom is 0.252 e. The van der Waals surface area contributed by atoms with Gasteiger partial charge in [-0.25, -0.2) is 9.67 Å². The van der Waals surface area contributed by atoms with Crippen molar-refractivity contribution in [2.75, 3.05) is 17.3 Å². The smallest absolute Gasteiger partial charge is 0.252 e. The van der Waals surface area contributed by atoms with Gasteiger partial charge in [-0.2, -0.15) is 5.10 Å². The van der Waals surface area contributed by atoms with E-state index in [1.54, 1.807) is 12.3 Å². The summed E-state index contributed by atoms with van der Waals surface area (Å²) >= 11 is 0. The lowest BCUT2D eigenvalue weighted by atomic mass is 10.1. The summed E-state index contributed by atoms with van der Waals surface area (Å²) in [5.41, 5.74) is 9.18. The van der Waals surface area contributed by atoms with Gasteiger partial charge in [0, 0.05) is 19.4 Å². The number of hydrogen-bond acceptors (Lipinski definition) is 6. The Balaban J connectivity index is 1.86. The average Bonchev–Trinajstić information content (AvgIpc) is 3.02. The molecule has 1 aliphatic rings. The monoisotopic (exact) mass is 349 g/mol. The first-order valence-corrected chi connectivity index (χ1v) is 8.28. The van der Waals surface area contributed by atoms with Gasteiger partial charge in [0.1, 0.15) is 5.82 Å². The molecule has 0 saturated carbocycles. The van der Waals surface area contributed by atoms with Gasteiger partial charge in [0.15, 0.2) is 5.82 Å². The highest BCUT2D eigenvalue weighted by Gasteiger charge is 2.30. The molecule has 0 aliphatic carbocycles. The number of hydrogen-bond donors (Lipinski definition) is 2.